The third-order valence-electron chi connectivity index (χ3n) is 0.496. The molecule has 0 amide bonds. The molecule has 0 spiro atoms. The summed E-state index contributed by atoms with van der Waals surface area (Å²) in [5, 5.41) is 0. The number of hydrogen-bond acceptors (Lipinski definition) is 3. The van der Waals surface area contributed by atoms with Crippen molar-refractivity contribution >= 4 is 12.1 Å². The highest BCUT2D eigenvalue weighted by Gasteiger charge is 1.83. The molecule has 0 bridgehead atoms. The van der Waals surface area contributed by atoms with E-state index in [1.165, 1.54) is 13.8 Å². The first kappa shape index (κ1) is 11.1. The van der Waals surface area contributed by atoms with Crippen molar-refractivity contribution in [1.82, 2.24) is 0 Å². The lowest BCUT2D eigenvalue weighted by molar-refractivity contribution is -0.116. The predicted molar refractivity (Wildman–Crippen MR) is 36.1 cm³/mol. The zero-order valence-corrected chi connectivity index (χ0v) is 5.89. The highest BCUT2D eigenvalue weighted by molar-refractivity contribution is 5.75. The zero-order chi connectivity index (χ0) is 7.70. The fraction of sp³-hybridized carbons (Fsp3) is 0.667. The van der Waals surface area contributed by atoms with Crippen LogP contribution < -0.4 is 5.73 Å². The summed E-state index contributed by atoms with van der Waals surface area (Å²) in [6, 6.07) is 0. The van der Waals surface area contributed by atoms with Gasteiger partial charge in [-0.1, -0.05) is 0 Å². The minimum absolute atomic E-state index is 0.164. The normalized spacial score (nSPS) is 7.00. The van der Waals surface area contributed by atoms with Crippen molar-refractivity contribution in [2.75, 3.05) is 6.54 Å². The summed E-state index contributed by atoms with van der Waals surface area (Å²) in [6.07, 6.45) is 1.26. The first-order valence-electron chi connectivity index (χ1n) is 2.78. The van der Waals surface area contributed by atoms with Crippen molar-refractivity contribution in [1.29, 1.82) is 0 Å². The van der Waals surface area contributed by atoms with E-state index in [4.69, 9.17) is 10.5 Å². The Morgan fingerprint density at radius 2 is 2.00 bits per heavy atom. The van der Waals surface area contributed by atoms with E-state index >= 15 is 0 Å². The van der Waals surface area contributed by atoms with E-state index in [9.17, 15) is 4.79 Å². The molecule has 0 fully saturated rings. The van der Waals surface area contributed by atoms with Crippen molar-refractivity contribution in [2.45, 2.75) is 20.3 Å². The van der Waals surface area contributed by atoms with Crippen molar-refractivity contribution in [2.24, 2.45) is 5.73 Å². The van der Waals surface area contributed by atoms with Crippen molar-refractivity contribution in [3.63, 3.8) is 0 Å². The molecule has 0 aliphatic carbocycles. The van der Waals surface area contributed by atoms with Crippen LogP contribution in [0.25, 0.3) is 0 Å². The molecule has 3 heteroatoms. The maximum Gasteiger partial charge on any atom is 0.131 e. The summed E-state index contributed by atoms with van der Waals surface area (Å²) in [7, 11) is 0. The van der Waals surface area contributed by atoms with Crippen LogP contribution in [0.2, 0.25) is 0 Å². The summed E-state index contributed by atoms with van der Waals surface area (Å²) >= 11 is 0. The molecular weight excluding hydrogens is 118 g/mol. The number of hydrogen-bond donors (Lipinski definition) is 1. The molecule has 0 rings (SSSR count). The van der Waals surface area contributed by atoms with Crippen LogP contribution in [0.5, 0.6) is 0 Å². The molecule has 9 heavy (non-hydrogen) atoms. The maximum absolute atomic E-state index is 9.96. The highest BCUT2D eigenvalue weighted by atomic mass is 16.1. The van der Waals surface area contributed by atoms with Gasteiger partial charge in [0.25, 0.3) is 0 Å². The number of aldehydes is 1. The Hall–Kier alpha value is -0.700. The number of rotatable bonds is 2. The Morgan fingerprint density at radius 1 is 1.67 bits per heavy atom. The number of ketones is 1. The van der Waals surface area contributed by atoms with Crippen LogP contribution in [0.1, 0.15) is 20.3 Å². The monoisotopic (exact) mass is 131 g/mol. The topological polar surface area (TPSA) is 60.2 Å². The smallest absolute Gasteiger partial charge is 0.131 e. The fourth-order valence-electron chi connectivity index (χ4n) is 0.203. The van der Waals surface area contributed by atoms with Gasteiger partial charge in [-0.15, -0.1) is 0 Å². The molecule has 0 saturated heterocycles. The van der Waals surface area contributed by atoms with Gasteiger partial charge in [-0.2, -0.15) is 0 Å². The molecule has 0 radical (unpaired) electrons. The van der Waals surface area contributed by atoms with Crippen LogP contribution in [-0.4, -0.2) is 18.6 Å². The van der Waals surface area contributed by atoms with Crippen LogP contribution >= 0.6 is 0 Å². The Morgan fingerprint density at radius 3 is 2.00 bits per heavy atom. The van der Waals surface area contributed by atoms with Crippen molar-refractivity contribution in [3.05, 3.63) is 0 Å². The van der Waals surface area contributed by atoms with Gasteiger partial charge in [0.15, 0.2) is 0 Å². The Kier molecular flexibility index (Phi) is 12.8. The minimum Gasteiger partial charge on any atom is -0.330 e. The van der Waals surface area contributed by atoms with E-state index in [1.807, 2.05) is 0 Å². The van der Waals surface area contributed by atoms with E-state index < -0.39 is 0 Å². The van der Waals surface area contributed by atoms with Gasteiger partial charge in [0.1, 0.15) is 12.1 Å². The highest BCUT2D eigenvalue weighted by Crippen LogP contribution is 1.71. The second-order valence-electron chi connectivity index (χ2n) is 1.48. The van der Waals surface area contributed by atoms with Gasteiger partial charge >= 0.3 is 0 Å². The average Bonchev–Trinajstić information content (AvgIpc) is 1.67. The molecule has 0 atom stereocenters. The summed E-state index contributed by atoms with van der Waals surface area (Å²) in [4.78, 5) is 18.8. The van der Waals surface area contributed by atoms with Gasteiger partial charge in [-0.05, 0) is 20.4 Å². The van der Waals surface area contributed by atoms with Crippen LogP contribution in [0.15, 0.2) is 0 Å². The number of carbonyl (C=O) groups is 2. The summed E-state index contributed by atoms with van der Waals surface area (Å²) in [5.41, 5.74) is 5.01. The third-order valence-corrected chi connectivity index (χ3v) is 0.496. The number of carbonyl (C=O) groups excluding carboxylic acids is 2. The van der Waals surface area contributed by atoms with E-state index in [2.05, 4.69) is 0 Å². The second kappa shape index (κ2) is 10.3. The fourth-order valence-corrected chi connectivity index (χ4v) is 0.203. The molecule has 0 heterocycles. The first-order chi connectivity index (χ1) is 4.18. The van der Waals surface area contributed by atoms with Crippen LogP contribution in [0, 0.1) is 0 Å². The SMILES string of the molecule is CC(=O)CCN.CC=O. The van der Waals surface area contributed by atoms with Crippen LogP contribution in [0.4, 0.5) is 0 Å². The minimum atomic E-state index is 0.164. The molecule has 54 valence electrons. The molecule has 0 aromatic rings. The first-order valence-corrected chi connectivity index (χ1v) is 2.78. The van der Waals surface area contributed by atoms with Gasteiger partial charge in [0, 0.05) is 6.42 Å². The maximum atomic E-state index is 9.96. The Bertz CT molecular complexity index is 81.1. The molecule has 0 aromatic carbocycles. The molecule has 0 aromatic heterocycles. The average molecular weight is 131 g/mol. The molecular formula is C6H13NO2. The molecule has 3 nitrogen and oxygen atoms in total. The van der Waals surface area contributed by atoms with Crippen molar-refractivity contribution < 1.29 is 9.59 Å². The molecule has 0 saturated carbocycles. The summed E-state index contributed by atoms with van der Waals surface area (Å²) in [6.45, 7) is 3.46. The lowest BCUT2D eigenvalue weighted by atomic mass is 10.3. The Labute approximate surface area is 55.2 Å². The standard InChI is InChI=1S/C4H9NO.C2H4O/c1-4(6)2-3-5;1-2-3/h2-3,5H2,1H3;2H,1H3. The Balaban J connectivity index is 0. The second-order valence-corrected chi connectivity index (χ2v) is 1.48. The van der Waals surface area contributed by atoms with Gasteiger partial charge in [0.2, 0.25) is 0 Å². The van der Waals surface area contributed by atoms with Gasteiger partial charge < -0.3 is 10.5 Å². The summed E-state index contributed by atoms with van der Waals surface area (Å²) in [5.74, 6) is 0.164. The molecule has 0 unspecified atom stereocenters. The van der Waals surface area contributed by atoms with Gasteiger partial charge in [0.05, 0.1) is 0 Å². The number of Topliss-reactive ketones (excluding diaryl/α,β-unsaturated/α-hetero) is 1. The molecule has 0 aliphatic rings. The van der Waals surface area contributed by atoms with Gasteiger partial charge in [-0.25, -0.2) is 0 Å². The third kappa shape index (κ3) is 38.8. The predicted octanol–water partition coefficient (Wildman–Crippen LogP) is 0.129. The lowest BCUT2D eigenvalue weighted by Crippen LogP contribution is -2.03. The van der Waals surface area contributed by atoms with E-state index in [0.717, 1.165) is 6.29 Å². The quantitative estimate of drug-likeness (QED) is 0.542. The van der Waals surface area contributed by atoms with Crippen molar-refractivity contribution in [3.8, 4) is 0 Å². The van der Waals surface area contributed by atoms with E-state index in [1.54, 1.807) is 0 Å². The lowest BCUT2D eigenvalue weighted by Gasteiger charge is -1.81. The molecule has 2 N–H and O–H groups in total. The molecule has 0 aliphatic heterocycles. The summed E-state index contributed by atoms with van der Waals surface area (Å²) < 4.78 is 0. The largest absolute Gasteiger partial charge is 0.330 e. The van der Waals surface area contributed by atoms with E-state index in [-0.39, 0.29) is 5.78 Å². The zero-order valence-electron chi connectivity index (χ0n) is 5.89. The van der Waals surface area contributed by atoms with E-state index in [0.29, 0.717) is 13.0 Å². The van der Waals surface area contributed by atoms with Crippen LogP contribution in [0.3, 0.4) is 0 Å². The van der Waals surface area contributed by atoms with Crippen LogP contribution in [-0.2, 0) is 9.59 Å². The van der Waals surface area contributed by atoms with Gasteiger partial charge in [-0.3, -0.25) is 4.79 Å². The number of nitrogens with two attached hydrogens (primary N) is 1.